The first-order valence-corrected chi connectivity index (χ1v) is 8.98. The van der Waals surface area contributed by atoms with Crippen molar-refractivity contribution in [3.8, 4) is 0 Å². The van der Waals surface area contributed by atoms with Gasteiger partial charge in [0.2, 0.25) is 5.91 Å². The Hall–Kier alpha value is -2.28. The first-order valence-electron chi connectivity index (χ1n) is 8.61. The van der Waals surface area contributed by atoms with Crippen molar-refractivity contribution in [3.63, 3.8) is 0 Å². The molecule has 0 heterocycles. The molecule has 4 amide bonds. The van der Waals surface area contributed by atoms with E-state index in [1.165, 1.54) is 6.07 Å². The minimum atomic E-state index is -0.449. The fourth-order valence-electron chi connectivity index (χ4n) is 2.03. The molecule has 1 rings (SSSR count). The number of urea groups is 1. The molecule has 0 bridgehead atoms. The Balaban J connectivity index is 2.50. The zero-order chi connectivity index (χ0) is 19.7. The smallest absolute Gasteiger partial charge is 0.319 e. The maximum atomic E-state index is 12.1. The van der Waals surface area contributed by atoms with Crippen LogP contribution in [0.2, 0.25) is 5.02 Å². The van der Waals surface area contributed by atoms with Crippen LogP contribution in [-0.4, -0.2) is 37.0 Å². The Labute approximate surface area is 159 Å². The van der Waals surface area contributed by atoms with E-state index in [1.807, 2.05) is 27.7 Å². The molecule has 0 aliphatic heterocycles. The molecule has 0 saturated heterocycles. The Kier molecular flexibility index (Phi) is 8.92. The number of anilines is 1. The summed E-state index contributed by atoms with van der Waals surface area (Å²) in [6.07, 6.45) is 0.196. The highest BCUT2D eigenvalue weighted by molar-refractivity contribution is 6.34. The van der Waals surface area contributed by atoms with Gasteiger partial charge in [0.05, 0.1) is 10.6 Å². The lowest BCUT2D eigenvalue weighted by Gasteiger charge is -2.12. The third-order valence-electron chi connectivity index (χ3n) is 3.23. The zero-order valence-electron chi connectivity index (χ0n) is 15.6. The van der Waals surface area contributed by atoms with Crippen molar-refractivity contribution in [1.82, 2.24) is 16.0 Å². The molecule has 0 radical (unpaired) electrons. The Morgan fingerprint density at radius 2 is 1.77 bits per heavy atom. The summed E-state index contributed by atoms with van der Waals surface area (Å²) in [6, 6.07) is 4.28. The largest absolute Gasteiger partial charge is 0.354 e. The number of amides is 4. The van der Waals surface area contributed by atoms with Gasteiger partial charge in [-0.1, -0.05) is 25.4 Å². The van der Waals surface area contributed by atoms with Crippen LogP contribution in [0.3, 0.4) is 0 Å². The van der Waals surface area contributed by atoms with Crippen LogP contribution >= 0.6 is 11.6 Å². The van der Waals surface area contributed by atoms with Crippen LogP contribution in [0.15, 0.2) is 18.2 Å². The number of hydrogen-bond acceptors (Lipinski definition) is 3. The predicted molar refractivity (Wildman–Crippen MR) is 104 cm³/mol. The quantitative estimate of drug-likeness (QED) is 0.556. The highest BCUT2D eigenvalue weighted by atomic mass is 35.5. The lowest BCUT2D eigenvalue weighted by Crippen LogP contribution is -2.35. The molecule has 1 aromatic rings. The van der Waals surface area contributed by atoms with E-state index in [-0.39, 0.29) is 35.8 Å². The standard InChI is InChI=1S/C18H27ClN4O3/c1-11(2)10-21-17(25)14-6-5-13(9-15(14)19)23-18(26)20-8-7-16(24)22-12(3)4/h5-6,9,11-12H,7-8,10H2,1-4H3,(H,21,25)(H,22,24)(H2,20,23,26). The molecule has 0 spiro atoms. The van der Waals surface area contributed by atoms with Gasteiger partial charge in [-0.3, -0.25) is 9.59 Å². The summed E-state index contributed by atoms with van der Waals surface area (Å²) in [5, 5.41) is 11.0. The molecule has 7 nitrogen and oxygen atoms in total. The number of rotatable bonds is 8. The SMILES string of the molecule is CC(C)CNC(=O)c1ccc(NC(=O)NCCC(=O)NC(C)C)cc1Cl. The van der Waals surface area contributed by atoms with Gasteiger partial charge in [0.25, 0.3) is 5.91 Å². The van der Waals surface area contributed by atoms with Crippen molar-refractivity contribution in [2.45, 2.75) is 40.2 Å². The van der Waals surface area contributed by atoms with Gasteiger partial charge in [-0.2, -0.15) is 0 Å². The van der Waals surface area contributed by atoms with Crippen LogP contribution in [0.5, 0.6) is 0 Å². The number of nitrogens with one attached hydrogen (secondary N) is 4. The summed E-state index contributed by atoms with van der Waals surface area (Å²) in [5.74, 6) is -0.0408. The van der Waals surface area contributed by atoms with Gasteiger partial charge in [0.1, 0.15) is 0 Å². The molecule has 0 aromatic heterocycles. The number of hydrogen-bond donors (Lipinski definition) is 4. The number of halogens is 1. The summed E-state index contributed by atoms with van der Waals surface area (Å²) in [7, 11) is 0. The van der Waals surface area contributed by atoms with Gasteiger partial charge in [-0.25, -0.2) is 4.79 Å². The first-order chi connectivity index (χ1) is 12.2. The van der Waals surface area contributed by atoms with Crippen molar-refractivity contribution in [3.05, 3.63) is 28.8 Å². The minimum absolute atomic E-state index is 0.0646. The summed E-state index contributed by atoms with van der Waals surface area (Å²) in [5.41, 5.74) is 0.808. The second kappa shape index (κ2) is 10.7. The lowest BCUT2D eigenvalue weighted by atomic mass is 10.1. The molecule has 0 unspecified atom stereocenters. The zero-order valence-corrected chi connectivity index (χ0v) is 16.4. The minimum Gasteiger partial charge on any atom is -0.354 e. The molecule has 0 aliphatic rings. The molecule has 1 aromatic carbocycles. The molecule has 0 atom stereocenters. The Morgan fingerprint density at radius 1 is 1.08 bits per heavy atom. The van der Waals surface area contributed by atoms with E-state index in [4.69, 9.17) is 11.6 Å². The molecular weight excluding hydrogens is 356 g/mol. The first kappa shape index (κ1) is 21.8. The highest BCUT2D eigenvalue weighted by Crippen LogP contribution is 2.21. The van der Waals surface area contributed by atoms with E-state index < -0.39 is 6.03 Å². The molecule has 26 heavy (non-hydrogen) atoms. The number of benzene rings is 1. The van der Waals surface area contributed by atoms with Crippen molar-refractivity contribution < 1.29 is 14.4 Å². The van der Waals surface area contributed by atoms with Gasteiger partial charge < -0.3 is 21.3 Å². The Bertz CT molecular complexity index is 647. The van der Waals surface area contributed by atoms with E-state index in [1.54, 1.807) is 12.1 Å². The van der Waals surface area contributed by atoms with Gasteiger partial charge in [0, 0.05) is 31.2 Å². The molecule has 4 N–H and O–H groups in total. The topological polar surface area (TPSA) is 99.3 Å². The van der Waals surface area contributed by atoms with Crippen LogP contribution in [0.4, 0.5) is 10.5 Å². The van der Waals surface area contributed by atoms with E-state index in [2.05, 4.69) is 21.3 Å². The van der Waals surface area contributed by atoms with Crippen LogP contribution in [0.1, 0.15) is 44.5 Å². The Morgan fingerprint density at radius 3 is 2.35 bits per heavy atom. The molecular formula is C18H27ClN4O3. The summed E-state index contributed by atoms with van der Waals surface area (Å²) < 4.78 is 0. The molecule has 0 fully saturated rings. The third kappa shape index (κ3) is 8.20. The van der Waals surface area contributed by atoms with Crippen LogP contribution < -0.4 is 21.3 Å². The maximum absolute atomic E-state index is 12.1. The van der Waals surface area contributed by atoms with Crippen molar-refractivity contribution in [1.29, 1.82) is 0 Å². The summed E-state index contributed by atoms with van der Waals surface area (Å²) >= 11 is 6.13. The fourth-order valence-corrected chi connectivity index (χ4v) is 2.29. The fraction of sp³-hybridized carbons (Fsp3) is 0.500. The molecule has 8 heteroatoms. The van der Waals surface area contributed by atoms with Crippen LogP contribution in [-0.2, 0) is 4.79 Å². The summed E-state index contributed by atoms with van der Waals surface area (Å²) in [6.45, 7) is 8.51. The monoisotopic (exact) mass is 382 g/mol. The van der Waals surface area contributed by atoms with Gasteiger partial charge in [-0.15, -0.1) is 0 Å². The second-order valence-electron chi connectivity index (χ2n) is 6.65. The van der Waals surface area contributed by atoms with Gasteiger partial charge in [0.15, 0.2) is 0 Å². The van der Waals surface area contributed by atoms with E-state index in [0.717, 1.165) is 0 Å². The normalized spacial score (nSPS) is 10.6. The number of carbonyl (C=O) groups is 3. The van der Waals surface area contributed by atoms with Crippen molar-refractivity contribution >= 4 is 35.1 Å². The van der Waals surface area contributed by atoms with E-state index in [9.17, 15) is 14.4 Å². The maximum Gasteiger partial charge on any atom is 0.319 e. The summed E-state index contributed by atoms with van der Waals surface area (Å²) in [4.78, 5) is 35.4. The third-order valence-corrected chi connectivity index (χ3v) is 3.54. The highest BCUT2D eigenvalue weighted by Gasteiger charge is 2.12. The molecule has 0 saturated carbocycles. The second-order valence-corrected chi connectivity index (χ2v) is 7.06. The van der Waals surface area contributed by atoms with Crippen LogP contribution in [0, 0.1) is 5.92 Å². The van der Waals surface area contributed by atoms with Gasteiger partial charge in [-0.05, 0) is 38.0 Å². The predicted octanol–water partition coefficient (Wildman–Crippen LogP) is 2.76. The van der Waals surface area contributed by atoms with Gasteiger partial charge >= 0.3 is 6.03 Å². The van der Waals surface area contributed by atoms with Crippen molar-refractivity contribution in [2.24, 2.45) is 5.92 Å². The van der Waals surface area contributed by atoms with E-state index >= 15 is 0 Å². The average Bonchev–Trinajstić information content (AvgIpc) is 2.51. The number of carbonyl (C=O) groups excluding carboxylic acids is 3. The lowest BCUT2D eigenvalue weighted by molar-refractivity contribution is -0.121. The molecule has 144 valence electrons. The molecule has 0 aliphatic carbocycles. The van der Waals surface area contributed by atoms with E-state index in [0.29, 0.717) is 23.7 Å². The van der Waals surface area contributed by atoms with Crippen LogP contribution in [0.25, 0.3) is 0 Å². The van der Waals surface area contributed by atoms with Crippen molar-refractivity contribution in [2.75, 3.05) is 18.4 Å². The average molecular weight is 383 g/mol.